The van der Waals surface area contributed by atoms with E-state index in [0.29, 0.717) is 22.1 Å². The predicted octanol–water partition coefficient (Wildman–Crippen LogP) is 3.10. The number of fused-ring (bicyclic) bond motifs is 1. The van der Waals surface area contributed by atoms with Crippen LogP contribution in [0.15, 0.2) is 65.1 Å². The van der Waals surface area contributed by atoms with E-state index in [0.717, 1.165) is 0 Å². The molecular formula is C21H12N2O6. The van der Waals surface area contributed by atoms with Crippen molar-refractivity contribution < 1.29 is 28.4 Å². The highest BCUT2D eigenvalue weighted by molar-refractivity contribution is 6.21. The van der Waals surface area contributed by atoms with E-state index in [1.807, 2.05) is 6.07 Å². The van der Waals surface area contributed by atoms with Crippen LogP contribution in [0.25, 0.3) is 0 Å². The quantitative estimate of drug-likeness (QED) is 0.618. The Morgan fingerprint density at radius 3 is 2.31 bits per heavy atom. The zero-order valence-electron chi connectivity index (χ0n) is 14.8. The maximum Gasteiger partial charge on any atom is 0.399 e. The molecular weight excluding hydrogens is 376 g/mol. The van der Waals surface area contributed by atoms with Crippen LogP contribution >= 0.6 is 0 Å². The number of ether oxygens (including phenoxy) is 1. The number of carbonyl (C=O) groups excluding carboxylic acids is 3. The highest BCUT2D eigenvalue weighted by Gasteiger charge is 2.39. The van der Waals surface area contributed by atoms with Crippen molar-refractivity contribution in [2.75, 3.05) is 0 Å². The summed E-state index contributed by atoms with van der Waals surface area (Å²) in [5.41, 5.74) is 0.689. The summed E-state index contributed by atoms with van der Waals surface area (Å²) in [6.45, 7) is -0.0288. The van der Waals surface area contributed by atoms with Gasteiger partial charge in [-0.15, -0.1) is 0 Å². The molecule has 2 aromatic carbocycles. The summed E-state index contributed by atoms with van der Waals surface area (Å²) in [4.78, 5) is 41.7. The Morgan fingerprint density at radius 1 is 0.966 bits per heavy atom. The second kappa shape index (κ2) is 7.32. The Hall–Kier alpha value is -4.38. The molecule has 8 nitrogen and oxygen atoms in total. The number of amides is 2. The number of rotatable bonds is 5. The summed E-state index contributed by atoms with van der Waals surface area (Å²) in [5.74, 6) is -1.96. The second-order valence-electron chi connectivity index (χ2n) is 5.99. The van der Waals surface area contributed by atoms with Crippen LogP contribution in [0.4, 0.5) is 0 Å². The smallest absolute Gasteiger partial charge is 0.399 e. The number of hydroxylamine groups is 2. The minimum Gasteiger partial charge on any atom is -0.484 e. The molecule has 0 unspecified atom stereocenters. The molecule has 1 aliphatic rings. The third kappa shape index (κ3) is 3.33. The summed E-state index contributed by atoms with van der Waals surface area (Å²) in [6.07, 6.45) is 0. The Kier molecular flexibility index (Phi) is 4.55. The molecule has 4 rings (SSSR count). The van der Waals surface area contributed by atoms with E-state index in [1.165, 1.54) is 24.3 Å². The molecule has 0 aliphatic carbocycles. The number of nitriles is 1. The van der Waals surface area contributed by atoms with Gasteiger partial charge in [0.1, 0.15) is 24.2 Å². The molecule has 0 spiro atoms. The normalized spacial score (nSPS) is 12.4. The van der Waals surface area contributed by atoms with Crippen molar-refractivity contribution in [3.05, 3.63) is 88.9 Å². The number of furan rings is 1. The Balaban J connectivity index is 1.42. The van der Waals surface area contributed by atoms with E-state index < -0.39 is 17.8 Å². The zero-order chi connectivity index (χ0) is 20.4. The number of hydrogen-bond acceptors (Lipinski definition) is 7. The predicted molar refractivity (Wildman–Crippen MR) is 96.6 cm³/mol. The molecule has 0 saturated carbocycles. The molecule has 1 aliphatic heterocycles. The van der Waals surface area contributed by atoms with Crippen LogP contribution in [0.2, 0.25) is 0 Å². The van der Waals surface area contributed by atoms with Gasteiger partial charge in [0.05, 0.1) is 16.7 Å². The lowest BCUT2D eigenvalue weighted by molar-refractivity contribution is -0.0604. The highest BCUT2D eigenvalue weighted by Crippen LogP contribution is 2.24. The third-order valence-corrected chi connectivity index (χ3v) is 4.17. The minimum atomic E-state index is -0.997. The van der Waals surface area contributed by atoms with Crippen molar-refractivity contribution in [2.24, 2.45) is 0 Å². The fourth-order valence-electron chi connectivity index (χ4n) is 2.78. The van der Waals surface area contributed by atoms with Gasteiger partial charge in [-0.05, 0) is 36.4 Å². The highest BCUT2D eigenvalue weighted by atomic mass is 16.7. The Morgan fingerprint density at radius 2 is 1.62 bits per heavy atom. The number of nitrogens with zero attached hydrogens (tertiary/aromatic N) is 2. The first-order chi connectivity index (χ1) is 14.1. The topological polar surface area (TPSA) is 110 Å². The van der Waals surface area contributed by atoms with Gasteiger partial charge in [0.25, 0.3) is 11.8 Å². The fraction of sp³-hybridized carbons (Fsp3) is 0.0476. The van der Waals surface area contributed by atoms with E-state index in [1.54, 1.807) is 36.4 Å². The molecule has 0 radical (unpaired) electrons. The molecule has 29 heavy (non-hydrogen) atoms. The lowest BCUT2D eigenvalue weighted by atomic mass is 10.1. The number of hydrogen-bond donors (Lipinski definition) is 0. The number of carbonyl (C=O) groups is 3. The van der Waals surface area contributed by atoms with Gasteiger partial charge in [-0.2, -0.15) is 5.26 Å². The molecule has 3 aromatic rings. The van der Waals surface area contributed by atoms with Gasteiger partial charge in [0.2, 0.25) is 5.76 Å². The van der Waals surface area contributed by atoms with E-state index in [-0.39, 0.29) is 23.5 Å². The van der Waals surface area contributed by atoms with Crippen LogP contribution in [0.1, 0.15) is 42.6 Å². The molecule has 0 N–H and O–H groups in total. The van der Waals surface area contributed by atoms with Gasteiger partial charge in [0.15, 0.2) is 0 Å². The molecule has 1 aromatic heterocycles. The summed E-state index contributed by atoms with van der Waals surface area (Å²) in [7, 11) is 0. The van der Waals surface area contributed by atoms with Gasteiger partial charge in [-0.3, -0.25) is 9.59 Å². The van der Waals surface area contributed by atoms with Crippen LogP contribution in [-0.2, 0) is 11.4 Å². The van der Waals surface area contributed by atoms with Crippen LogP contribution in [0, 0.1) is 11.3 Å². The lowest BCUT2D eigenvalue weighted by Crippen LogP contribution is -2.32. The number of benzene rings is 2. The second-order valence-corrected chi connectivity index (χ2v) is 5.99. The Bertz CT molecular complexity index is 1140. The fourth-order valence-corrected chi connectivity index (χ4v) is 2.78. The van der Waals surface area contributed by atoms with Crippen LogP contribution < -0.4 is 4.74 Å². The van der Waals surface area contributed by atoms with Crippen LogP contribution in [0.3, 0.4) is 0 Å². The molecule has 142 valence electrons. The SMILES string of the molecule is N#Cc1ccccc1OCc1ccc(C(=O)ON2C(=O)c3ccccc3C2=O)o1. The largest absolute Gasteiger partial charge is 0.484 e. The molecule has 0 saturated heterocycles. The monoisotopic (exact) mass is 388 g/mol. The average molecular weight is 388 g/mol. The number of para-hydroxylation sites is 1. The van der Waals surface area contributed by atoms with Gasteiger partial charge in [-0.1, -0.05) is 29.3 Å². The van der Waals surface area contributed by atoms with Gasteiger partial charge < -0.3 is 14.0 Å². The summed E-state index contributed by atoms with van der Waals surface area (Å²) in [5, 5.41) is 9.47. The summed E-state index contributed by atoms with van der Waals surface area (Å²) >= 11 is 0. The van der Waals surface area contributed by atoms with Crippen molar-refractivity contribution in [3.63, 3.8) is 0 Å². The van der Waals surface area contributed by atoms with Gasteiger partial charge in [-0.25, -0.2) is 4.79 Å². The number of imide groups is 1. The first kappa shape index (κ1) is 18.0. The minimum absolute atomic E-state index is 0.0288. The molecule has 8 heteroatoms. The first-order valence-corrected chi connectivity index (χ1v) is 8.49. The maximum atomic E-state index is 12.3. The average Bonchev–Trinajstić information content (AvgIpc) is 3.32. The van der Waals surface area contributed by atoms with E-state index >= 15 is 0 Å². The van der Waals surface area contributed by atoms with Crippen LogP contribution in [-0.4, -0.2) is 22.8 Å². The molecule has 2 amide bonds. The van der Waals surface area contributed by atoms with Crippen molar-refractivity contribution >= 4 is 17.8 Å². The zero-order valence-corrected chi connectivity index (χ0v) is 14.8. The standard InChI is InChI=1S/C21H12N2O6/c22-11-13-5-1-4-8-17(13)27-12-14-9-10-18(28-14)21(26)29-23-19(24)15-6-2-3-7-16(15)20(23)25/h1-10H,12H2. The van der Waals surface area contributed by atoms with E-state index in [2.05, 4.69) is 0 Å². The van der Waals surface area contributed by atoms with Gasteiger partial charge in [0, 0.05) is 0 Å². The van der Waals surface area contributed by atoms with Crippen molar-refractivity contribution in [3.8, 4) is 11.8 Å². The summed E-state index contributed by atoms with van der Waals surface area (Å²) in [6, 6.07) is 17.7. The van der Waals surface area contributed by atoms with Gasteiger partial charge >= 0.3 is 5.97 Å². The van der Waals surface area contributed by atoms with Crippen molar-refractivity contribution in [1.82, 2.24) is 5.06 Å². The lowest BCUT2D eigenvalue weighted by Gasteiger charge is -2.11. The molecule has 0 bridgehead atoms. The molecule has 0 fully saturated rings. The van der Waals surface area contributed by atoms with E-state index in [4.69, 9.17) is 19.3 Å². The van der Waals surface area contributed by atoms with Crippen molar-refractivity contribution in [2.45, 2.75) is 6.61 Å². The third-order valence-electron chi connectivity index (χ3n) is 4.17. The summed E-state index contributed by atoms with van der Waals surface area (Å²) < 4.78 is 10.9. The van der Waals surface area contributed by atoms with E-state index in [9.17, 15) is 14.4 Å². The first-order valence-electron chi connectivity index (χ1n) is 8.49. The Labute approximate surface area is 164 Å². The molecule has 2 heterocycles. The van der Waals surface area contributed by atoms with Crippen LogP contribution in [0.5, 0.6) is 5.75 Å². The maximum absolute atomic E-state index is 12.3. The van der Waals surface area contributed by atoms with Crippen molar-refractivity contribution in [1.29, 1.82) is 5.26 Å². The molecule has 0 atom stereocenters.